The van der Waals surface area contributed by atoms with Gasteiger partial charge in [0.25, 0.3) is 0 Å². The molecule has 1 amide bonds. The van der Waals surface area contributed by atoms with Crippen molar-refractivity contribution in [3.05, 3.63) is 54.2 Å². The number of likely N-dealkylation sites (tertiary alicyclic amines) is 1. The highest BCUT2D eigenvalue weighted by Crippen LogP contribution is 2.25. The van der Waals surface area contributed by atoms with Crippen LogP contribution in [0.25, 0.3) is 10.9 Å². The molecule has 0 aliphatic carbocycles. The molecule has 2 aromatic heterocycles. The second-order valence-electron chi connectivity index (χ2n) is 6.63. The molecule has 1 aromatic carbocycles. The molecule has 0 spiro atoms. The lowest BCUT2D eigenvalue weighted by atomic mass is 10.0. The molecule has 0 saturated carbocycles. The highest BCUT2D eigenvalue weighted by Gasteiger charge is 2.25. The molecule has 5 heteroatoms. The normalized spacial score (nSPS) is 18.2. The molecule has 4 rings (SSSR count). The van der Waals surface area contributed by atoms with Crippen molar-refractivity contribution in [1.29, 1.82) is 0 Å². The minimum Gasteiger partial charge on any atom is -0.361 e. The molecule has 1 saturated heterocycles. The lowest BCUT2D eigenvalue weighted by molar-refractivity contribution is -0.132. The van der Waals surface area contributed by atoms with Gasteiger partial charge in [-0.3, -0.25) is 4.79 Å². The number of rotatable bonds is 3. The Morgan fingerprint density at radius 1 is 1.42 bits per heavy atom. The molecule has 24 heavy (non-hydrogen) atoms. The number of amides is 1. The monoisotopic (exact) mass is 322 g/mol. The molecule has 1 N–H and O–H groups in total. The summed E-state index contributed by atoms with van der Waals surface area (Å²) >= 11 is 0. The van der Waals surface area contributed by atoms with Crippen LogP contribution in [0.4, 0.5) is 0 Å². The van der Waals surface area contributed by atoms with Crippen LogP contribution in [0.15, 0.2) is 43.1 Å². The predicted molar refractivity (Wildman–Crippen MR) is 93.8 cm³/mol. The summed E-state index contributed by atoms with van der Waals surface area (Å²) in [6.45, 7) is 3.72. The van der Waals surface area contributed by atoms with Crippen molar-refractivity contribution in [2.45, 2.75) is 32.2 Å². The molecule has 0 unspecified atom stereocenters. The lowest BCUT2D eigenvalue weighted by Gasteiger charge is -2.33. The zero-order valence-electron chi connectivity index (χ0n) is 13.9. The summed E-state index contributed by atoms with van der Waals surface area (Å²) in [5, 5.41) is 1.19. The SMILES string of the molecule is Cc1cccc2[nH]cc(CC(=O)N3CCC[C@@H](n4ccnc4)C3)c12. The van der Waals surface area contributed by atoms with Crippen molar-refractivity contribution < 1.29 is 4.79 Å². The molecule has 1 aliphatic heterocycles. The molecule has 1 fully saturated rings. The Morgan fingerprint density at radius 2 is 2.33 bits per heavy atom. The number of aromatic amines is 1. The molecule has 0 bridgehead atoms. The van der Waals surface area contributed by atoms with E-state index in [2.05, 4.69) is 33.6 Å². The summed E-state index contributed by atoms with van der Waals surface area (Å²) in [6, 6.07) is 6.54. The van der Waals surface area contributed by atoms with E-state index in [0.717, 1.165) is 37.0 Å². The Balaban J connectivity index is 1.51. The number of nitrogens with zero attached hydrogens (tertiary/aromatic N) is 3. The van der Waals surface area contributed by atoms with Gasteiger partial charge in [-0.05, 0) is 37.0 Å². The molecular formula is C19H22N4O. The molecule has 3 heterocycles. The van der Waals surface area contributed by atoms with E-state index >= 15 is 0 Å². The van der Waals surface area contributed by atoms with Gasteiger partial charge >= 0.3 is 0 Å². The van der Waals surface area contributed by atoms with Crippen LogP contribution in [0.1, 0.15) is 30.0 Å². The van der Waals surface area contributed by atoms with Gasteiger partial charge in [-0.25, -0.2) is 4.98 Å². The average molecular weight is 322 g/mol. The third-order valence-electron chi connectivity index (χ3n) is 5.03. The largest absolute Gasteiger partial charge is 0.361 e. The molecule has 124 valence electrons. The number of fused-ring (bicyclic) bond motifs is 1. The first-order chi connectivity index (χ1) is 11.7. The van der Waals surface area contributed by atoms with Gasteiger partial charge in [0, 0.05) is 42.6 Å². The number of H-pyrrole nitrogens is 1. The predicted octanol–water partition coefficient (Wildman–Crippen LogP) is 3.08. The van der Waals surface area contributed by atoms with Crippen molar-refractivity contribution in [3.8, 4) is 0 Å². The van der Waals surface area contributed by atoms with Crippen LogP contribution in [-0.4, -0.2) is 38.4 Å². The highest BCUT2D eigenvalue weighted by molar-refractivity contribution is 5.91. The van der Waals surface area contributed by atoms with Gasteiger partial charge in [-0.2, -0.15) is 0 Å². The number of carbonyl (C=O) groups excluding carboxylic acids is 1. The minimum absolute atomic E-state index is 0.212. The van der Waals surface area contributed by atoms with Crippen LogP contribution in [0.5, 0.6) is 0 Å². The Bertz CT molecular complexity index is 850. The fraction of sp³-hybridized carbons (Fsp3) is 0.368. The van der Waals surface area contributed by atoms with Gasteiger partial charge in [-0.1, -0.05) is 12.1 Å². The Labute approximate surface area is 141 Å². The second kappa shape index (κ2) is 6.15. The molecule has 3 aromatic rings. The van der Waals surface area contributed by atoms with Crippen LogP contribution in [-0.2, 0) is 11.2 Å². The van der Waals surface area contributed by atoms with Gasteiger partial charge in [0.1, 0.15) is 0 Å². The van der Waals surface area contributed by atoms with E-state index in [1.54, 1.807) is 6.20 Å². The summed E-state index contributed by atoms with van der Waals surface area (Å²) < 4.78 is 2.12. The number of nitrogens with one attached hydrogen (secondary N) is 1. The molecule has 1 atom stereocenters. The van der Waals surface area contributed by atoms with Crippen LogP contribution in [0, 0.1) is 6.92 Å². The molecule has 1 aliphatic rings. The van der Waals surface area contributed by atoms with Crippen LogP contribution in [0.2, 0.25) is 0 Å². The summed E-state index contributed by atoms with van der Waals surface area (Å²) in [6.07, 6.45) is 10.2. The number of imidazole rings is 1. The molecule has 5 nitrogen and oxygen atoms in total. The fourth-order valence-corrected chi connectivity index (χ4v) is 3.78. The highest BCUT2D eigenvalue weighted by atomic mass is 16.2. The minimum atomic E-state index is 0.212. The number of piperidine rings is 1. The van der Waals surface area contributed by atoms with E-state index in [1.165, 1.54) is 10.9 Å². The van der Waals surface area contributed by atoms with Crippen LogP contribution in [0.3, 0.4) is 0 Å². The maximum atomic E-state index is 12.8. The molecular weight excluding hydrogens is 300 g/mol. The van der Waals surface area contributed by atoms with E-state index < -0.39 is 0 Å². The number of hydrogen-bond acceptors (Lipinski definition) is 2. The fourth-order valence-electron chi connectivity index (χ4n) is 3.78. The smallest absolute Gasteiger partial charge is 0.227 e. The van der Waals surface area contributed by atoms with Gasteiger partial charge < -0.3 is 14.5 Å². The summed E-state index contributed by atoms with van der Waals surface area (Å²) in [7, 11) is 0. The lowest BCUT2D eigenvalue weighted by Crippen LogP contribution is -2.41. The van der Waals surface area contributed by atoms with Crippen molar-refractivity contribution in [3.63, 3.8) is 0 Å². The standard InChI is InChI=1S/C19H22N4O/c1-14-4-2-6-17-19(14)15(11-21-17)10-18(24)22-8-3-5-16(12-22)23-9-7-20-13-23/h2,4,6-7,9,11,13,16,21H,3,5,8,10,12H2,1H3/t16-/m1/s1. The van der Waals surface area contributed by atoms with E-state index in [0.29, 0.717) is 12.5 Å². The topological polar surface area (TPSA) is 53.9 Å². The van der Waals surface area contributed by atoms with Crippen LogP contribution < -0.4 is 0 Å². The maximum Gasteiger partial charge on any atom is 0.227 e. The van der Waals surface area contributed by atoms with Gasteiger partial charge in [0.2, 0.25) is 5.91 Å². The first-order valence-corrected chi connectivity index (χ1v) is 8.53. The number of aryl methyl sites for hydroxylation is 1. The number of carbonyl (C=O) groups is 1. The third kappa shape index (κ3) is 2.70. The Hall–Kier alpha value is -2.56. The van der Waals surface area contributed by atoms with E-state index in [-0.39, 0.29) is 5.91 Å². The number of benzene rings is 1. The summed E-state index contributed by atoms with van der Waals surface area (Å²) in [4.78, 5) is 22.2. The maximum absolute atomic E-state index is 12.8. The van der Waals surface area contributed by atoms with E-state index in [1.807, 2.05) is 29.7 Å². The average Bonchev–Trinajstić information content (AvgIpc) is 3.26. The second-order valence-corrected chi connectivity index (χ2v) is 6.63. The van der Waals surface area contributed by atoms with Crippen molar-refractivity contribution >= 4 is 16.8 Å². The third-order valence-corrected chi connectivity index (χ3v) is 5.03. The number of aromatic nitrogens is 3. The van der Waals surface area contributed by atoms with Gasteiger partial charge in [-0.15, -0.1) is 0 Å². The van der Waals surface area contributed by atoms with Crippen molar-refractivity contribution in [2.75, 3.05) is 13.1 Å². The van der Waals surface area contributed by atoms with E-state index in [9.17, 15) is 4.79 Å². The van der Waals surface area contributed by atoms with Crippen molar-refractivity contribution in [1.82, 2.24) is 19.4 Å². The van der Waals surface area contributed by atoms with Gasteiger partial charge in [0.15, 0.2) is 0 Å². The van der Waals surface area contributed by atoms with E-state index in [4.69, 9.17) is 0 Å². The quantitative estimate of drug-likeness (QED) is 0.805. The first-order valence-electron chi connectivity index (χ1n) is 8.53. The Kier molecular flexibility index (Phi) is 3.84. The zero-order chi connectivity index (χ0) is 16.5. The summed E-state index contributed by atoms with van der Waals surface area (Å²) in [5.74, 6) is 0.212. The van der Waals surface area contributed by atoms with Crippen molar-refractivity contribution in [2.24, 2.45) is 0 Å². The summed E-state index contributed by atoms with van der Waals surface area (Å²) in [5.41, 5.74) is 3.41. The zero-order valence-corrected chi connectivity index (χ0v) is 13.9. The van der Waals surface area contributed by atoms with Crippen LogP contribution >= 0.6 is 0 Å². The number of hydrogen-bond donors (Lipinski definition) is 1. The first kappa shape index (κ1) is 15.0. The Morgan fingerprint density at radius 3 is 3.17 bits per heavy atom. The molecule has 0 radical (unpaired) electrons. The van der Waals surface area contributed by atoms with Gasteiger partial charge in [0.05, 0.1) is 18.8 Å².